The van der Waals surface area contributed by atoms with Gasteiger partial charge in [0.1, 0.15) is 0 Å². The van der Waals surface area contributed by atoms with Crippen molar-refractivity contribution in [2.75, 3.05) is 26.2 Å². The summed E-state index contributed by atoms with van der Waals surface area (Å²) in [6.07, 6.45) is 8.26. The Hall–Kier alpha value is -2.05. The Morgan fingerprint density at radius 1 is 1.44 bits per heavy atom. The number of hydrogen-bond donors (Lipinski definition) is 0. The van der Waals surface area contributed by atoms with E-state index in [0.29, 0.717) is 6.54 Å². The lowest BCUT2D eigenvalue weighted by molar-refractivity contribution is -0.135. The number of likely N-dealkylation sites (tertiary alicyclic amines) is 2. The van der Waals surface area contributed by atoms with Gasteiger partial charge in [-0.3, -0.25) is 14.7 Å². The van der Waals surface area contributed by atoms with Gasteiger partial charge in [-0.25, -0.2) is 4.98 Å². The normalized spacial score (nSPS) is 26.6. The zero-order chi connectivity index (χ0) is 17.3. The van der Waals surface area contributed by atoms with Crippen molar-refractivity contribution in [2.24, 2.45) is 5.41 Å². The monoisotopic (exact) mass is 354 g/mol. The van der Waals surface area contributed by atoms with E-state index in [1.165, 1.54) is 5.56 Å². The van der Waals surface area contributed by atoms with Crippen molar-refractivity contribution in [3.8, 4) is 0 Å². The van der Waals surface area contributed by atoms with Gasteiger partial charge < -0.3 is 4.90 Å². The number of thiazole rings is 1. The number of rotatable bonds is 5. The molecule has 1 amide bonds. The van der Waals surface area contributed by atoms with Crippen molar-refractivity contribution >= 4 is 17.2 Å². The van der Waals surface area contributed by atoms with E-state index in [1.807, 2.05) is 34.8 Å². The van der Waals surface area contributed by atoms with Gasteiger partial charge in [0.25, 0.3) is 0 Å². The van der Waals surface area contributed by atoms with Gasteiger partial charge in [0.15, 0.2) is 0 Å². The maximum absolute atomic E-state index is 13.2. The second-order valence-electron chi connectivity index (χ2n) is 6.90. The molecule has 0 radical (unpaired) electrons. The van der Waals surface area contributed by atoms with Crippen molar-refractivity contribution in [1.29, 1.82) is 0 Å². The van der Waals surface area contributed by atoms with Gasteiger partial charge in [-0.2, -0.15) is 0 Å². The predicted molar refractivity (Wildman–Crippen MR) is 98.2 cm³/mol. The van der Waals surface area contributed by atoms with Crippen LogP contribution in [0.4, 0.5) is 0 Å². The molecule has 2 saturated heterocycles. The maximum Gasteiger partial charge on any atom is 0.231 e. The number of carbonyl (C=O) groups is 1. The Bertz CT molecular complexity index is 748. The first-order valence-corrected chi connectivity index (χ1v) is 9.52. The number of amides is 1. The van der Waals surface area contributed by atoms with Crippen LogP contribution in [0, 0.1) is 5.41 Å². The Kier molecular flexibility index (Phi) is 4.39. The van der Waals surface area contributed by atoms with Crippen molar-refractivity contribution in [2.45, 2.75) is 18.9 Å². The summed E-state index contributed by atoms with van der Waals surface area (Å²) in [6, 6.07) is 4.06. The zero-order valence-corrected chi connectivity index (χ0v) is 15.0. The lowest BCUT2D eigenvalue weighted by Crippen LogP contribution is -2.39. The summed E-state index contributed by atoms with van der Waals surface area (Å²) in [5.74, 6) is 0.438. The van der Waals surface area contributed by atoms with E-state index >= 15 is 0 Å². The van der Waals surface area contributed by atoms with E-state index in [4.69, 9.17) is 0 Å². The number of nitrogens with zero attached hydrogens (tertiary/aromatic N) is 4. The molecule has 4 heterocycles. The standard InChI is InChI=1S/C19H22N4OS/c1-2-8-23-9-5-19(18(23)24)14-22(12-15-4-3-6-20-11-15)13-16(19)17-21-7-10-25-17/h2-4,6-7,10-11,16H,1,5,8-9,12-14H2. The maximum atomic E-state index is 13.2. The molecule has 2 fully saturated rings. The molecule has 2 atom stereocenters. The van der Waals surface area contributed by atoms with E-state index in [1.54, 1.807) is 17.5 Å². The molecule has 2 aromatic rings. The van der Waals surface area contributed by atoms with Crippen LogP contribution >= 0.6 is 11.3 Å². The van der Waals surface area contributed by atoms with E-state index in [0.717, 1.165) is 37.6 Å². The van der Waals surface area contributed by atoms with Gasteiger partial charge in [-0.05, 0) is 18.1 Å². The largest absolute Gasteiger partial charge is 0.338 e. The summed E-state index contributed by atoms with van der Waals surface area (Å²) < 4.78 is 0. The van der Waals surface area contributed by atoms with Crippen molar-refractivity contribution in [3.63, 3.8) is 0 Å². The fourth-order valence-corrected chi connectivity index (χ4v) is 5.10. The van der Waals surface area contributed by atoms with Crippen LogP contribution in [0.25, 0.3) is 0 Å². The first-order chi connectivity index (χ1) is 12.2. The topological polar surface area (TPSA) is 49.3 Å². The zero-order valence-electron chi connectivity index (χ0n) is 14.2. The van der Waals surface area contributed by atoms with E-state index in [9.17, 15) is 4.79 Å². The first kappa shape index (κ1) is 16.4. The van der Waals surface area contributed by atoms with Crippen LogP contribution in [0.3, 0.4) is 0 Å². The van der Waals surface area contributed by atoms with Gasteiger partial charge in [0, 0.05) is 62.6 Å². The van der Waals surface area contributed by atoms with E-state index in [-0.39, 0.29) is 17.2 Å². The van der Waals surface area contributed by atoms with Gasteiger partial charge in [0.05, 0.1) is 10.4 Å². The molecule has 0 N–H and O–H groups in total. The van der Waals surface area contributed by atoms with Crippen LogP contribution in [0.2, 0.25) is 0 Å². The van der Waals surface area contributed by atoms with Crippen LogP contribution in [-0.2, 0) is 11.3 Å². The number of aromatic nitrogens is 2. The van der Waals surface area contributed by atoms with Crippen molar-refractivity contribution in [3.05, 3.63) is 59.3 Å². The minimum atomic E-state index is -0.344. The molecular formula is C19H22N4OS. The highest BCUT2D eigenvalue weighted by atomic mass is 32.1. The van der Waals surface area contributed by atoms with Crippen LogP contribution in [0.15, 0.2) is 48.8 Å². The Balaban J connectivity index is 1.62. The highest BCUT2D eigenvalue weighted by molar-refractivity contribution is 7.09. The average Bonchev–Trinajstić information content (AvgIpc) is 3.33. The minimum absolute atomic E-state index is 0.173. The van der Waals surface area contributed by atoms with Crippen molar-refractivity contribution < 1.29 is 4.79 Å². The van der Waals surface area contributed by atoms with Crippen LogP contribution < -0.4 is 0 Å². The Morgan fingerprint density at radius 2 is 2.36 bits per heavy atom. The third kappa shape index (κ3) is 2.89. The molecule has 5 nitrogen and oxygen atoms in total. The van der Waals surface area contributed by atoms with Crippen LogP contribution in [0.1, 0.15) is 22.9 Å². The third-order valence-corrected chi connectivity index (χ3v) is 6.27. The van der Waals surface area contributed by atoms with Gasteiger partial charge in [-0.15, -0.1) is 17.9 Å². The lowest BCUT2D eigenvalue weighted by atomic mass is 9.77. The molecule has 2 aliphatic rings. The highest BCUT2D eigenvalue weighted by Crippen LogP contribution is 2.50. The van der Waals surface area contributed by atoms with Crippen molar-refractivity contribution in [1.82, 2.24) is 19.8 Å². The Morgan fingerprint density at radius 3 is 3.08 bits per heavy atom. The van der Waals surface area contributed by atoms with Gasteiger partial charge >= 0.3 is 0 Å². The first-order valence-electron chi connectivity index (χ1n) is 8.64. The second-order valence-corrected chi connectivity index (χ2v) is 7.83. The molecular weight excluding hydrogens is 332 g/mol. The number of carbonyl (C=O) groups excluding carboxylic acids is 1. The highest BCUT2D eigenvalue weighted by Gasteiger charge is 2.57. The molecule has 0 bridgehead atoms. The molecule has 2 unspecified atom stereocenters. The van der Waals surface area contributed by atoms with Crippen LogP contribution in [0.5, 0.6) is 0 Å². The molecule has 1 spiro atoms. The third-order valence-electron chi connectivity index (χ3n) is 5.38. The summed E-state index contributed by atoms with van der Waals surface area (Å²) in [4.78, 5) is 26.3. The van der Waals surface area contributed by atoms with Gasteiger partial charge in [0.2, 0.25) is 5.91 Å². The molecule has 4 rings (SSSR count). The summed E-state index contributed by atoms with van der Waals surface area (Å²) in [7, 11) is 0. The summed E-state index contributed by atoms with van der Waals surface area (Å²) in [6.45, 7) is 7.72. The molecule has 130 valence electrons. The quantitative estimate of drug-likeness (QED) is 0.774. The Labute approximate surface area is 152 Å². The van der Waals surface area contributed by atoms with E-state index in [2.05, 4.69) is 27.5 Å². The molecule has 6 heteroatoms. The molecule has 0 saturated carbocycles. The molecule has 2 aromatic heterocycles. The second kappa shape index (κ2) is 6.69. The fourth-order valence-electron chi connectivity index (χ4n) is 4.26. The lowest BCUT2D eigenvalue weighted by Gasteiger charge is -2.27. The van der Waals surface area contributed by atoms with Gasteiger partial charge in [-0.1, -0.05) is 12.1 Å². The molecule has 0 aromatic carbocycles. The smallest absolute Gasteiger partial charge is 0.231 e. The molecule has 0 aliphatic carbocycles. The summed E-state index contributed by atoms with van der Waals surface area (Å²) >= 11 is 1.66. The van der Waals surface area contributed by atoms with E-state index < -0.39 is 0 Å². The number of pyridine rings is 1. The molecule has 25 heavy (non-hydrogen) atoms. The fraction of sp³-hybridized carbons (Fsp3) is 0.421. The summed E-state index contributed by atoms with van der Waals surface area (Å²) in [5, 5.41) is 3.09. The minimum Gasteiger partial charge on any atom is -0.338 e. The average molecular weight is 354 g/mol. The van der Waals surface area contributed by atoms with Crippen LogP contribution in [-0.4, -0.2) is 51.9 Å². The SMILES string of the molecule is C=CCN1CCC2(CN(Cc3cccnc3)CC2c2nccs2)C1=O. The predicted octanol–water partition coefficient (Wildman–Crippen LogP) is 2.54. The number of hydrogen-bond acceptors (Lipinski definition) is 5. The molecule has 2 aliphatic heterocycles. The summed E-state index contributed by atoms with van der Waals surface area (Å²) in [5.41, 5.74) is 0.842.